The maximum absolute atomic E-state index is 12.5. The van der Waals surface area contributed by atoms with Crippen LogP contribution in [0.3, 0.4) is 0 Å². The Hall–Kier alpha value is -2.21. The van der Waals surface area contributed by atoms with Crippen LogP contribution in [-0.4, -0.2) is 16.8 Å². The summed E-state index contributed by atoms with van der Waals surface area (Å²) in [5.74, 6) is -0.685. The lowest BCUT2D eigenvalue weighted by Crippen LogP contribution is -2.45. The van der Waals surface area contributed by atoms with Crippen LogP contribution in [0.4, 0.5) is 5.69 Å². The summed E-state index contributed by atoms with van der Waals surface area (Å²) in [7, 11) is 0. The molecule has 0 fully saturated rings. The first-order chi connectivity index (χ1) is 11.3. The lowest BCUT2D eigenvalue weighted by Gasteiger charge is -2.23. The maximum atomic E-state index is 12.5. The van der Waals surface area contributed by atoms with Crippen molar-refractivity contribution in [1.82, 2.24) is 10.3 Å². The highest BCUT2D eigenvalue weighted by Gasteiger charge is 2.36. The van der Waals surface area contributed by atoms with Crippen LogP contribution in [0.15, 0.2) is 47.2 Å². The molecule has 2 amide bonds. The van der Waals surface area contributed by atoms with Gasteiger partial charge in [0.1, 0.15) is 5.41 Å². The number of hydrogen-bond donors (Lipinski definition) is 2. The van der Waals surface area contributed by atoms with Gasteiger partial charge in [-0.1, -0.05) is 22.0 Å². The lowest BCUT2D eigenvalue weighted by atomic mass is 9.90. The number of nitrogens with zero attached hydrogens (tertiary/aromatic N) is 1. The molecule has 0 spiro atoms. The summed E-state index contributed by atoms with van der Waals surface area (Å²) >= 11 is 3.39. The van der Waals surface area contributed by atoms with Crippen molar-refractivity contribution in [2.45, 2.75) is 27.3 Å². The summed E-state index contributed by atoms with van der Waals surface area (Å²) in [6.45, 7) is 5.45. The molecule has 0 aliphatic carbocycles. The fourth-order valence-electron chi connectivity index (χ4n) is 2.06. The minimum absolute atomic E-state index is 0.334. The molecule has 24 heavy (non-hydrogen) atoms. The molecular weight excluding hydrogens is 370 g/mol. The van der Waals surface area contributed by atoms with Crippen LogP contribution in [0.25, 0.3) is 0 Å². The van der Waals surface area contributed by atoms with Crippen molar-refractivity contribution in [2.24, 2.45) is 5.41 Å². The zero-order valence-electron chi connectivity index (χ0n) is 13.9. The average Bonchev–Trinajstić information content (AvgIpc) is 2.55. The van der Waals surface area contributed by atoms with E-state index in [-0.39, 0.29) is 11.8 Å². The first-order valence-corrected chi connectivity index (χ1v) is 8.35. The molecule has 0 aliphatic rings. The number of aromatic nitrogens is 1. The van der Waals surface area contributed by atoms with Crippen LogP contribution in [0.1, 0.15) is 25.0 Å². The molecule has 1 aromatic heterocycles. The maximum Gasteiger partial charge on any atom is 0.239 e. The molecular formula is C18H20BrN3O2. The van der Waals surface area contributed by atoms with Gasteiger partial charge in [-0.2, -0.15) is 0 Å². The Balaban J connectivity index is 2.02. The SMILES string of the molecule is Cc1cc(Br)ccc1NC(=O)C(C)(C)C(=O)NCc1cccnc1. The standard InChI is InChI=1S/C18H20BrN3O2/c1-12-9-14(19)6-7-15(12)22-17(24)18(2,3)16(23)21-11-13-5-4-8-20-10-13/h4-10H,11H2,1-3H3,(H,21,23)(H,22,24). The second kappa shape index (κ2) is 7.57. The molecule has 2 rings (SSSR count). The predicted octanol–water partition coefficient (Wildman–Crippen LogP) is 3.43. The van der Waals surface area contributed by atoms with E-state index in [4.69, 9.17) is 0 Å². The number of nitrogens with one attached hydrogen (secondary N) is 2. The number of hydrogen-bond acceptors (Lipinski definition) is 3. The number of aryl methyl sites for hydroxylation is 1. The van der Waals surface area contributed by atoms with Gasteiger partial charge in [0, 0.05) is 29.1 Å². The minimum atomic E-state index is -1.19. The van der Waals surface area contributed by atoms with Gasteiger partial charge in [0.05, 0.1) is 0 Å². The number of benzene rings is 1. The smallest absolute Gasteiger partial charge is 0.239 e. The Labute approximate surface area is 150 Å². The molecule has 1 heterocycles. The van der Waals surface area contributed by atoms with Crippen LogP contribution in [0.2, 0.25) is 0 Å². The summed E-state index contributed by atoms with van der Waals surface area (Å²) in [5, 5.41) is 5.61. The summed E-state index contributed by atoms with van der Waals surface area (Å²) in [4.78, 5) is 28.9. The Morgan fingerprint density at radius 1 is 1.21 bits per heavy atom. The fourth-order valence-corrected chi connectivity index (χ4v) is 2.53. The minimum Gasteiger partial charge on any atom is -0.351 e. The van der Waals surface area contributed by atoms with Gasteiger partial charge in [-0.3, -0.25) is 14.6 Å². The van der Waals surface area contributed by atoms with E-state index in [0.717, 1.165) is 15.6 Å². The van der Waals surface area contributed by atoms with Gasteiger partial charge in [0.25, 0.3) is 0 Å². The molecule has 0 saturated heterocycles. The van der Waals surface area contributed by atoms with E-state index in [0.29, 0.717) is 12.2 Å². The Morgan fingerprint density at radius 2 is 1.96 bits per heavy atom. The monoisotopic (exact) mass is 389 g/mol. The van der Waals surface area contributed by atoms with E-state index < -0.39 is 5.41 Å². The zero-order chi connectivity index (χ0) is 17.7. The van der Waals surface area contributed by atoms with Crippen LogP contribution in [0.5, 0.6) is 0 Å². The summed E-state index contributed by atoms with van der Waals surface area (Å²) < 4.78 is 0.937. The van der Waals surface area contributed by atoms with E-state index in [1.807, 2.05) is 25.1 Å². The topological polar surface area (TPSA) is 71.1 Å². The van der Waals surface area contributed by atoms with E-state index in [1.54, 1.807) is 38.4 Å². The van der Waals surface area contributed by atoms with Gasteiger partial charge in [-0.15, -0.1) is 0 Å². The molecule has 0 atom stereocenters. The van der Waals surface area contributed by atoms with Crippen molar-refractivity contribution in [2.75, 3.05) is 5.32 Å². The molecule has 1 aromatic carbocycles. The van der Waals surface area contributed by atoms with E-state index in [2.05, 4.69) is 31.5 Å². The summed E-state index contributed by atoms with van der Waals surface area (Å²) in [6, 6.07) is 9.23. The Kier molecular flexibility index (Phi) is 5.72. The predicted molar refractivity (Wildman–Crippen MR) is 97.4 cm³/mol. The number of carbonyl (C=O) groups excluding carboxylic acids is 2. The number of amides is 2. The summed E-state index contributed by atoms with van der Waals surface area (Å²) in [5.41, 5.74) is 1.30. The molecule has 5 nitrogen and oxygen atoms in total. The zero-order valence-corrected chi connectivity index (χ0v) is 15.5. The Morgan fingerprint density at radius 3 is 2.58 bits per heavy atom. The van der Waals surface area contributed by atoms with Gasteiger partial charge in [0.2, 0.25) is 11.8 Å². The molecule has 126 valence electrons. The summed E-state index contributed by atoms with van der Waals surface area (Å²) in [6.07, 6.45) is 3.35. The van der Waals surface area contributed by atoms with Gasteiger partial charge >= 0.3 is 0 Å². The third kappa shape index (κ3) is 4.41. The first-order valence-electron chi connectivity index (χ1n) is 7.55. The van der Waals surface area contributed by atoms with Crippen LogP contribution in [0, 0.1) is 12.3 Å². The normalized spacial score (nSPS) is 11.0. The second-order valence-corrected chi connectivity index (χ2v) is 7.00. The van der Waals surface area contributed by atoms with E-state index in [1.165, 1.54) is 0 Å². The van der Waals surface area contributed by atoms with Crippen molar-refractivity contribution in [3.8, 4) is 0 Å². The van der Waals surface area contributed by atoms with Crippen molar-refractivity contribution in [3.63, 3.8) is 0 Å². The van der Waals surface area contributed by atoms with Gasteiger partial charge in [-0.05, 0) is 56.2 Å². The van der Waals surface area contributed by atoms with Gasteiger partial charge in [0.15, 0.2) is 0 Å². The van der Waals surface area contributed by atoms with E-state index >= 15 is 0 Å². The van der Waals surface area contributed by atoms with Crippen molar-refractivity contribution >= 4 is 33.4 Å². The number of rotatable bonds is 5. The van der Waals surface area contributed by atoms with Crippen LogP contribution in [-0.2, 0) is 16.1 Å². The highest BCUT2D eigenvalue weighted by atomic mass is 79.9. The molecule has 2 N–H and O–H groups in total. The fraction of sp³-hybridized carbons (Fsp3) is 0.278. The van der Waals surface area contributed by atoms with Crippen LogP contribution < -0.4 is 10.6 Å². The van der Waals surface area contributed by atoms with Crippen molar-refractivity contribution < 1.29 is 9.59 Å². The van der Waals surface area contributed by atoms with E-state index in [9.17, 15) is 9.59 Å². The molecule has 0 aliphatic heterocycles. The van der Waals surface area contributed by atoms with Gasteiger partial charge < -0.3 is 10.6 Å². The van der Waals surface area contributed by atoms with Crippen molar-refractivity contribution in [1.29, 1.82) is 0 Å². The molecule has 6 heteroatoms. The third-order valence-corrected chi connectivity index (χ3v) is 4.24. The number of anilines is 1. The average molecular weight is 390 g/mol. The largest absolute Gasteiger partial charge is 0.351 e. The quantitative estimate of drug-likeness (QED) is 0.769. The first kappa shape index (κ1) is 18.1. The van der Waals surface area contributed by atoms with Crippen molar-refractivity contribution in [3.05, 3.63) is 58.3 Å². The number of halogens is 1. The number of pyridine rings is 1. The van der Waals surface area contributed by atoms with Gasteiger partial charge in [-0.25, -0.2) is 0 Å². The molecule has 0 saturated carbocycles. The molecule has 0 bridgehead atoms. The van der Waals surface area contributed by atoms with Crippen LogP contribution >= 0.6 is 15.9 Å². The second-order valence-electron chi connectivity index (χ2n) is 6.08. The Bertz CT molecular complexity index is 745. The number of carbonyl (C=O) groups is 2. The third-order valence-electron chi connectivity index (χ3n) is 3.75. The highest BCUT2D eigenvalue weighted by molar-refractivity contribution is 9.10. The lowest BCUT2D eigenvalue weighted by molar-refractivity contribution is -0.138. The molecule has 0 unspecified atom stereocenters. The molecule has 2 aromatic rings. The molecule has 0 radical (unpaired) electrons. The highest BCUT2D eigenvalue weighted by Crippen LogP contribution is 2.23.